The molecule has 25 heavy (non-hydrogen) atoms. The second-order valence-electron chi connectivity index (χ2n) is 5.03. The summed E-state index contributed by atoms with van der Waals surface area (Å²) in [5.74, 6) is -0.520. The molecule has 0 aliphatic heterocycles. The summed E-state index contributed by atoms with van der Waals surface area (Å²) in [5.41, 5.74) is 1.28. The van der Waals surface area contributed by atoms with Crippen molar-refractivity contribution in [1.82, 2.24) is 14.4 Å². The fourth-order valence-corrected chi connectivity index (χ4v) is 4.05. The molecule has 1 amide bonds. The van der Waals surface area contributed by atoms with Gasteiger partial charge in [0.15, 0.2) is 10.1 Å². The molecule has 4 aromatic rings. The summed E-state index contributed by atoms with van der Waals surface area (Å²) in [6.45, 7) is 0. The Morgan fingerprint density at radius 3 is 3.00 bits per heavy atom. The number of nitrogens with zero attached hydrogens (tertiary/aromatic N) is 3. The van der Waals surface area contributed by atoms with Gasteiger partial charge in [0.25, 0.3) is 11.5 Å². The van der Waals surface area contributed by atoms with Crippen LogP contribution in [0.25, 0.3) is 16.2 Å². The first-order chi connectivity index (χ1) is 12.1. The summed E-state index contributed by atoms with van der Waals surface area (Å²) in [6, 6.07) is 7.73. The molecule has 0 saturated heterocycles. The van der Waals surface area contributed by atoms with Crippen LogP contribution in [0.3, 0.4) is 0 Å². The quantitative estimate of drug-likeness (QED) is 0.532. The number of benzene rings is 1. The van der Waals surface area contributed by atoms with Crippen molar-refractivity contribution in [1.29, 1.82) is 0 Å². The number of hydrogen-bond acceptors (Lipinski definition) is 6. The molecule has 0 aliphatic rings. The molecule has 1 aromatic carbocycles. The van der Waals surface area contributed by atoms with Crippen molar-refractivity contribution in [3.05, 3.63) is 67.8 Å². The van der Waals surface area contributed by atoms with E-state index < -0.39 is 11.5 Å². The molecule has 0 atom stereocenters. The van der Waals surface area contributed by atoms with Crippen LogP contribution in [0.1, 0.15) is 10.4 Å². The van der Waals surface area contributed by atoms with Crippen molar-refractivity contribution in [3.8, 4) is 11.3 Å². The maximum absolute atomic E-state index is 12.4. The molecule has 0 aliphatic carbocycles. The second kappa shape index (κ2) is 6.51. The molecule has 9 heteroatoms. The Labute approximate surface area is 157 Å². The Morgan fingerprint density at radius 2 is 2.16 bits per heavy atom. The maximum atomic E-state index is 12.4. The molecular formula is C16H9BrN4O2S2. The first-order valence-corrected chi connectivity index (χ1v) is 9.65. The number of amides is 1. The molecule has 0 fully saturated rings. The van der Waals surface area contributed by atoms with Crippen LogP contribution in [0.5, 0.6) is 0 Å². The normalized spacial score (nSPS) is 10.9. The van der Waals surface area contributed by atoms with Crippen molar-refractivity contribution in [3.63, 3.8) is 0 Å². The summed E-state index contributed by atoms with van der Waals surface area (Å²) in [5, 5.41) is 6.69. The smallest absolute Gasteiger partial charge is 0.271 e. The average molecular weight is 433 g/mol. The largest absolute Gasteiger partial charge is 0.298 e. The number of anilines is 1. The molecule has 1 N–H and O–H groups in total. The number of halogens is 1. The molecule has 0 bridgehead atoms. The molecule has 0 saturated carbocycles. The SMILES string of the molecule is O=C(Nc1nc(-c2cccc(Br)c2)cs1)c1cnc2sccn2c1=O. The van der Waals surface area contributed by atoms with Gasteiger partial charge in [0, 0.05) is 33.2 Å². The number of carbonyl (C=O) groups excluding carboxylic acids is 1. The van der Waals surface area contributed by atoms with Gasteiger partial charge in [-0.3, -0.25) is 19.3 Å². The summed E-state index contributed by atoms with van der Waals surface area (Å²) in [7, 11) is 0. The van der Waals surface area contributed by atoms with E-state index in [0.717, 1.165) is 15.7 Å². The Kier molecular flexibility index (Phi) is 4.20. The van der Waals surface area contributed by atoms with E-state index in [0.29, 0.717) is 10.1 Å². The minimum Gasteiger partial charge on any atom is -0.298 e. The molecule has 0 unspecified atom stereocenters. The zero-order valence-electron chi connectivity index (χ0n) is 12.5. The average Bonchev–Trinajstić information content (AvgIpc) is 3.24. The zero-order valence-corrected chi connectivity index (χ0v) is 15.7. The van der Waals surface area contributed by atoms with Crippen LogP contribution < -0.4 is 10.9 Å². The van der Waals surface area contributed by atoms with Crippen molar-refractivity contribution in [2.24, 2.45) is 0 Å². The fraction of sp³-hybridized carbons (Fsp3) is 0. The molecule has 3 aromatic heterocycles. The van der Waals surface area contributed by atoms with Crippen LogP contribution in [0.4, 0.5) is 5.13 Å². The fourth-order valence-electron chi connectivity index (χ4n) is 2.26. The van der Waals surface area contributed by atoms with Gasteiger partial charge in [-0.05, 0) is 12.1 Å². The second-order valence-corrected chi connectivity index (χ2v) is 7.68. The van der Waals surface area contributed by atoms with E-state index in [-0.39, 0.29) is 5.56 Å². The first kappa shape index (κ1) is 16.1. The highest BCUT2D eigenvalue weighted by atomic mass is 79.9. The molecule has 0 radical (unpaired) electrons. The van der Waals surface area contributed by atoms with Gasteiger partial charge >= 0.3 is 0 Å². The van der Waals surface area contributed by atoms with Gasteiger partial charge in [-0.2, -0.15) is 0 Å². The number of fused-ring (bicyclic) bond motifs is 1. The predicted octanol–water partition coefficient (Wildman–Crippen LogP) is 3.89. The van der Waals surface area contributed by atoms with Crippen LogP contribution in [0.2, 0.25) is 0 Å². The summed E-state index contributed by atoms with van der Waals surface area (Å²) in [4.78, 5) is 33.8. The number of nitrogens with one attached hydrogen (secondary N) is 1. The number of hydrogen-bond donors (Lipinski definition) is 1. The molecule has 124 valence electrons. The maximum Gasteiger partial charge on any atom is 0.271 e. The van der Waals surface area contributed by atoms with E-state index in [4.69, 9.17) is 0 Å². The topological polar surface area (TPSA) is 76.4 Å². The van der Waals surface area contributed by atoms with Gasteiger partial charge in [-0.1, -0.05) is 28.1 Å². The van der Waals surface area contributed by atoms with E-state index in [1.165, 1.54) is 33.3 Å². The number of aromatic nitrogens is 3. The molecule has 3 heterocycles. The van der Waals surface area contributed by atoms with Gasteiger partial charge in [0.05, 0.1) is 5.69 Å². The third-order valence-corrected chi connectivity index (χ3v) is 5.45. The van der Waals surface area contributed by atoms with Crippen LogP contribution in [0.15, 0.2) is 56.7 Å². The van der Waals surface area contributed by atoms with Gasteiger partial charge in [0.2, 0.25) is 0 Å². The van der Waals surface area contributed by atoms with E-state index in [9.17, 15) is 9.59 Å². The lowest BCUT2D eigenvalue weighted by Gasteiger charge is -2.01. The van der Waals surface area contributed by atoms with Crippen LogP contribution >= 0.6 is 38.6 Å². The summed E-state index contributed by atoms with van der Waals surface area (Å²) in [6.07, 6.45) is 2.90. The van der Waals surface area contributed by atoms with Gasteiger partial charge in [-0.25, -0.2) is 9.97 Å². The van der Waals surface area contributed by atoms with Crippen molar-refractivity contribution in [2.75, 3.05) is 5.32 Å². The van der Waals surface area contributed by atoms with Gasteiger partial charge in [0.1, 0.15) is 5.56 Å². The molecular weight excluding hydrogens is 424 g/mol. The van der Waals surface area contributed by atoms with Crippen molar-refractivity contribution < 1.29 is 4.79 Å². The first-order valence-electron chi connectivity index (χ1n) is 7.09. The van der Waals surface area contributed by atoms with Crippen molar-refractivity contribution >= 4 is 54.6 Å². The van der Waals surface area contributed by atoms with E-state index >= 15 is 0 Å². The van der Waals surface area contributed by atoms with E-state index in [2.05, 4.69) is 31.2 Å². The predicted molar refractivity (Wildman–Crippen MR) is 103 cm³/mol. The van der Waals surface area contributed by atoms with Gasteiger partial charge in [-0.15, -0.1) is 22.7 Å². The lowest BCUT2D eigenvalue weighted by atomic mass is 10.2. The Bertz CT molecular complexity index is 1150. The van der Waals surface area contributed by atoms with E-state index in [1.54, 1.807) is 11.6 Å². The Morgan fingerprint density at radius 1 is 1.28 bits per heavy atom. The lowest BCUT2D eigenvalue weighted by molar-refractivity contribution is 0.102. The highest BCUT2D eigenvalue weighted by Gasteiger charge is 2.15. The lowest BCUT2D eigenvalue weighted by Crippen LogP contribution is -2.25. The monoisotopic (exact) mass is 432 g/mol. The standard InChI is InChI=1S/C16H9BrN4O2S2/c17-10-3-1-2-9(6-10)12-8-25-15(19-12)20-13(22)11-7-18-16-21(14(11)23)4-5-24-16/h1-8H,(H,19,20,22). The minimum absolute atomic E-state index is 0.0184. The number of carbonyl (C=O) groups is 1. The Hall–Kier alpha value is -2.36. The van der Waals surface area contributed by atoms with Crippen LogP contribution in [-0.4, -0.2) is 20.3 Å². The zero-order chi connectivity index (χ0) is 17.4. The number of thiazole rings is 2. The van der Waals surface area contributed by atoms with E-state index in [1.807, 2.05) is 29.6 Å². The molecule has 4 rings (SSSR count). The summed E-state index contributed by atoms with van der Waals surface area (Å²) < 4.78 is 2.31. The third-order valence-electron chi connectivity index (χ3n) is 3.43. The number of rotatable bonds is 3. The minimum atomic E-state index is -0.520. The highest BCUT2D eigenvalue weighted by molar-refractivity contribution is 9.10. The van der Waals surface area contributed by atoms with Crippen LogP contribution in [-0.2, 0) is 0 Å². The Balaban J connectivity index is 1.60. The van der Waals surface area contributed by atoms with Crippen molar-refractivity contribution in [2.45, 2.75) is 0 Å². The van der Waals surface area contributed by atoms with Gasteiger partial charge < -0.3 is 0 Å². The third kappa shape index (κ3) is 3.13. The van der Waals surface area contributed by atoms with Crippen LogP contribution in [0, 0.1) is 0 Å². The molecule has 6 nitrogen and oxygen atoms in total. The summed E-state index contributed by atoms with van der Waals surface area (Å²) >= 11 is 6.06. The molecule has 0 spiro atoms. The highest BCUT2D eigenvalue weighted by Crippen LogP contribution is 2.27.